The molecule has 2 aliphatic rings. The van der Waals surface area contributed by atoms with Gasteiger partial charge < -0.3 is 74.7 Å². The Balaban J connectivity index is 1.54. The zero-order valence-electron chi connectivity index (χ0n) is 24.7. The first-order valence-electron chi connectivity index (χ1n) is 14.4. The largest absolute Gasteiger partial charge is 0.508 e. The second-order valence-electron chi connectivity index (χ2n) is 11.1. The molecule has 0 aliphatic carbocycles. The third-order valence-corrected chi connectivity index (χ3v) is 7.68. The van der Waals surface area contributed by atoms with Gasteiger partial charge in [-0.25, -0.2) is 4.42 Å². The molecule has 5 unspecified atom stereocenters. The summed E-state index contributed by atoms with van der Waals surface area (Å²) in [4.78, 5) is 22.8. The predicted molar refractivity (Wildman–Crippen MR) is 154 cm³/mol. The third kappa shape index (κ3) is 7.36. The molecule has 260 valence electrons. The van der Waals surface area contributed by atoms with Crippen molar-refractivity contribution in [3.05, 3.63) is 42.5 Å². The van der Waals surface area contributed by atoms with Crippen LogP contribution in [0.15, 0.2) is 46.9 Å². The van der Waals surface area contributed by atoms with E-state index in [0.717, 1.165) is 6.07 Å². The number of carboxylic acids is 1. The molecule has 10 atom stereocenters. The summed E-state index contributed by atoms with van der Waals surface area (Å²) in [6, 6.07) is 9.00. The Labute approximate surface area is 269 Å². The van der Waals surface area contributed by atoms with Crippen LogP contribution in [0.4, 0.5) is 0 Å². The van der Waals surface area contributed by atoms with Crippen LogP contribution >= 0.6 is 0 Å². The SMILES string of the molecule is O=C(O)CC(=O)OCC1O[C@@H](Oc2cc3c(O)cc(O)cc3[o+]c2-c2ccc(O)cc2)C(O[C@@H]2OC(CO)[C@@H](O)C(O)[C@H]2O)C(O)[C@@H]1O. The Kier molecular flexibility index (Phi) is 10.5. The standard InChI is InChI=1S/C30H32O18/c31-9-18-22(38)24(40)26(42)29(46-18)48-28-25(41)23(39)19(10-43-21(37)8-20(35)36)47-30(28)45-17-7-14-15(34)5-13(33)6-16(14)44-27(17)11-1-3-12(32)4-2-11/h1-7,18-19,22-26,28-31,38-42H,8-10H2,(H3-,32,33,34,35,36)/p+1/t18?,19?,22-,23-,24?,25?,26-,28?,29+,30-/m1/s1. The molecule has 18 heteroatoms. The number of aliphatic carboxylic acids is 1. The minimum absolute atomic E-state index is 0.0136. The number of ether oxygens (including phenoxy) is 5. The van der Waals surface area contributed by atoms with Crippen molar-refractivity contribution >= 4 is 22.9 Å². The van der Waals surface area contributed by atoms with Crippen LogP contribution in [0.2, 0.25) is 0 Å². The molecule has 3 heterocycles. The highest BCUT2D eigenvalue weighted by Gasteiger charge is 2.52. The summed E-state index contributed by atoms with van der Waals surface area (Å²) in [7, 11) is 0. The van der Waals surface area contributed by atoms with Gasteiger partial charge in [-0.2, -0.15) is 0 Å². The van der Waals surface area contributed by atoms with Crippen LogP contribution in [-0.2, 0) is 28.5 Å². The molecule has 1 aromatic heterocycles. The van der Waals surface area contributed by atoms with Crippen molar-refractivity contribution in [3.63, 3.8) is 0 Å². The summed E-state index contributed by atoms with van der Waals surface area (Å²) >= 11 is 0. The lowest BCUT2D eigenvalue weighted by molar-refractivity contribution is -0.358. The average molecular weight is 682 g/mol. The Morgan fingerprint density at radius 3 is 2.12 bits per heavy atom. The van der Waals surface area contributed by atoms with E-state index >= 15 is 0 Å². The molecule has 0 bridgehead atoms. The molecule has 2 saturated heterocycles. The number of carbonyl (C=O) groups is 2. The highest BCUT2D eigenvalue weighted by Crippen LogP contribution is 2.41. The highest BCUT2D eigenvalue weighted by molar-refractivity contribution is 5.90. The van der Waals surface area contributed by atoms with E-state index in [0.29, 0.717) is 0 Å². The van der Waals surface area contributed by atoms with Crippen molar-refractivity contribution < 1.29 is 88.8 Å². The quantitative estimate of drug-likeness (QED) is 0.0663. The Morgan fingerprint density at radius 1 is 0.792 bits per heavy atom. The van der Waals surface area contributed by atoms with Crippen molar-refractivity contribution in [2.75, 3.05) is 13.2 Å². The van der Waals surface area contributed by atoms with Crippen LogP contribution in [-0.4, -0.2) is 138 Å². The number of hydrogen-bond donors (Lipinski definition) is 10. The van der Waals surface area contributed by atoms with E-state index < -0.39 is 98.7 Å². The second-order valence-corrected chi connectivity index (χ2v) is 11.1. The van der Waals surface area contributed by atoms with Gasteiger partial charge in [0, 0.05) is 12.1 Å². The van der Waals surface area contributed by atoms with Gasteiger partial charge in [-0.1, -0.05) is 0 Å². The molecular formula is C30H33O18+. The van der Waals surface area contributed by atoms with Gasteiger partial charge in [0.15, 0.2) is 12.4 Å². The number of phenols is 3. The maximum Gasteiger partial charge on any atom is 0.402 e. The van der Waals surface area contributed by atoms with Gasteiger partial charge in [0.25, 0.3) is 0 Å². The molecule has 2 aliphatic heterocycles. The lowest BCUT2D eigenvalue weighted by atomic mass is 9.97. The molecule has 5 rings (SSSR count). The molecule has 0 radical (unpaired) electrons. The van der Waals surface area contributed by atoms with Gasteiger partial charge in [-0.15, -0.1) is 0 Å². The van der Waals surface area contributed by atoms with E-state index in [9.17, 15) is 55.5 Å². The molecule has 0 saturated carbocycles. The number of carboxylic acid groups (broad SMARTS) is 1. The lowest BCUT2D eigenvalue weighted by Crippen LogP contribution is -2.65. The minimum Gasteiger partial charge on any atom is -0.508 e. The van der Waals surface area contributed by atoms with E-state index in [1.165, 1.54) is 36.4 Å². The number of aliphatic hydroxyl groups excluding tert-OH is 6. The smallest absolute Gasteiger partial charge is 0.402 e. The number of aromatic hydroxyl groups is 3. The van der Waals surface area contributed by atoms with E-state index in [-0.39, 0.29) is 39.5 Å². The number of benzene rings is 2. The van der Waals surface area contributed by atoms with Gasteiger partial charge in [-0.05, 0) is 24.3 Å². The first-order chi connectivity index (χ1) is 22.8. The fourth-order valence-electron chi connectivity index (χ4n) is 5.18. The topological polar surface area (TPSA) is 294 Å². The summed E-state index contributed by atoms with van der Waals surface area (Å²) < 4.78 is 33.9. The fraction of sp³-hybridized carbons (Fsp3) is 0.433. The van der Waals surface area contributed by atoms with Crippen molar-refractivity contribution in [1.29, 1.82) is 0 Å². The van der Waals surface area contributed by atoms with Crippen molar-refractivity contribution in [2.45, 2.75) is 67.8 Å². The summed E-state index contributed by atoms with van der Waals surface area (Å²) in [6.07, 6.45) is -19.0. The van der Waals surface area contributed by atoms with Crippen molar-refractivity contribution in [2.24, 2.45) is 0 Å². The number of rotatable bonds is 10. The summed E-state index contributed by atoms with van der Waals surface area (Å²) in [5.41, 5.74) is 0.273. The van der Waals surface area contributed by atoms with Crippen LogP contribution in [0, 0.1) is 0 Å². The Morgan fingerprint density at radius 2 is 1.46 bits per heavy atom. The van der Waals surface area contributed by atoms with Crippen LogP contribution in [0.1, 0.15) is 6.42 Å². The summed E-state index contributed by atoms with van der Waals surface area (Å²) in [5, 5.41) is 102. The molecule has 2 fully saturated rings. The maximum absolute atomic E-state index is 11.9. The van der Waals surface area contributed by atoms with Crippen LogP contribution < -0.4 is 4.74 Å². The van der Waals surface area contributed by atoms with Gasteiger partial charge in [0.05, 0.1) is 18.2 Å². The zero-order chi connectivity index (χ0) is 34.9. The molecule has 48 heavy (non-hydrogen) atoms. The van der Waals surface area contributed by atoms with Crippen LogP contribution in [0.5, 0.6) is 23.0 Å². The zero-order valence-corrected chi connectivity index (χ0v) is 24.7. The summed E-state index contributed by atoms with van der Waals surface area (Å²) in [5.74, 6) is -3.84. The Hall–Kier alpha value is -4.37. The van der Waals surface area contributed by atoms with Gasteiger partial charge in [0.2, 0.25) is 12.0 Å². The van der Waals surface area contributed by atoms with E-state index in [1.54, 1.807) is 0 Å². The van der Waals surface area contributed by atoms with Crippen molar-refractivity contribution in [1.82, 2.24) is 0 Å². The molecule has 3 aromatic rings. The average Bonchev–Trinajstić information content (AvgIpc) is 3.03. The third-order valence-electron chi connectivity index (χ3n) is 7.68. The molecule has 0 spiro atoms. The number of carbonyl (C=O) groups excluding carboxylic acids is 1. The number of aliphatic hydroxyl groups is 6. The van der Waals surface area contributed by atoms with E-state index in [1.807, 2.05) is 0 Å². The normalized spacial score (nSPS) is 30.5. The number of hydrogen-bond acceptors (Lipinski definition) is 16. The molecule has 18 nitrogen and oxygen atoms in total. The van der Waals surface area contributed by atoms with Gasteiger partial charge in [-0.3, -0.25) is 9.59 Å². The maximum atomic E-state index is 11.9. The fourth-order valence-corrected chi connectivity index (χ4v) is 5.18. The molecule has 2 aromatic carbocycles. The molecular weight excluding hydrogens is 648 g/mol. The number of phenolic OH excluding ortho intramolecular Hbond substituents is 3. The summed E-state index contributed by atoms with van der Waals surface area (Å²) in [6.45, 7) is -1.58. The van der Waals surface area contributed by atoms with Crippen molar-refractivity contribution in [3.8, 4) is 34.3 Å². The second kappa shape index (κ2) is 14.4. The first kappa shape index (κ1) is 35.0. The van der Waals surface area contributed by atoms with E-state index in [2.05, 4.69) is 0 Å². The number of esters is 1. The van der Waals surface area contributed by atoms with E-state index in [4.69, 9.17) is 33.2 Å². The highest BCUT2D eigenvalue weighted by atomic mass is 16.8. The minimum atomic E-state index is -1.99. The lowest BCUT2D eigenvalue weighted by Gasteiger charge is -2.45. The molecule has 10 N–H and O–H groups in total. The molecule has 0 amide bonds. The van der Waals surface area contributed by atoms with Crippen LogP contribution in [0.25, 0.3) is 22.3 Å². The number of fused-ring (bicyclic) bond motifs is 1. The van der Waals surface area contributed by atoms with Gasteiger partial charge >= 0.3 is 23.3 Å². The van der Waals surface area contributed by atoms with Gasteiger partial charge in [0.1, 0.15) is 78.4 Å². The van der Waals surface area contributed by atoms with Crippen LogP contribution in [0.3, 0.4) is 0 Å². The first-order valence-corrected chi connectivity index (χ1v) is 14.4. The monoisotopic (exact) mass is 681 g/mol. The predicted octanol–water partition coefficient (Wildman–Crippen LogP) is -1.47. The Bertz CT molecular complexity index is 1610.